The summed E-state index contributed by atoms with van der Waals surface area (Å²) in [7, 11) is 0. The summed E-state index contributed by atoms with van der Waals surface area (Å²) >= 11 is 0. The molecule has 0 spiro atoms. The van der Waals surface area contributed by atoms with Gasteiger partial charge < -0.3 is 5.73 Å². The fourth-order valence-corrected chi connectivity index (χ4v) is 3.24. The summed E-state index contributed by atoms with van der Waals surface area (Å²) in [5, 5.41) is 0. The van der Waals surface area contributed by atoms with Crippen molar-refractivity contribution in [3.63, 3.8) is 0 Å². The Hall–Kier alpha value is -0.980. The molecule has 0 amide bonds. The third-order valence-corrected chi connectivity index (χ3v) is 4.47. The average Bonchev–Trinajstić information content (AvgIpc) is 2.41. The molecule has 1 saturated carbocycles. The van der Waals surface area contributed by atoms with Crippen LogP contribution in [0.1, 0.15) is 69.8 Å². The highest BCUT2D eigenvalue weighted by Gasteiger charge is 2.21. The zero-order valence-corrected chi connectivity index (χ0v) is 11.7. The van der Waals surface area contributed by atoms with Crippen LogP contribution in [0.3, 0.4) is 0 Å². The molecule has 0 radical (unpaired) electrons. The van der Waals surface area contributed by atoms with Gasteiger partial charge in [0.05, 0.1) is 0 Å². The van der Waals surface area contributed by atoms with Gasteiger partial charge in [0, 0.05) is 5.69 Å². The van der Waals surface area contributed by atoms with E-state index >= 15 is 0 Å². The Morgan fingerprint density at radius 3 is 2.28 bits per heavy atom. The van der Waals surface area contributed by atoms with Gasteiger partial charge in [-0.15, -0.1) is 0 Å². The van der Waals surface area contributed by atoms with Crippen molar-refractivity contribution in [1.82, 2.24) is 0 Å². The molecule has 1 aliphatic carbocycles. The van der Waals surface area contributed by atoms with E-state index < -0.39 is 0 Å². The van der Waals surface area contributed by atoms with E-state index in [4.69, 9.17) is 5.73 Å². The summed E-state index contributed by atoms with van der Waals surface area (Å²) in [4.78, 5) is 0. The van der Waals surface area contributed by atoms with Gasteiger partial charge >= 0.3 is 0 Å². The van der Waals surface area contributed by atoms with Gasteiger partial charge in [0.2, 0.25) is 0 Å². The van der Waals surface area contributed by atoms with Gasteiger partial charge in [-0.25, -0.2) is 0 Å². The lowest BCUT2D eigenvalue weighted by atomic mass is 9.77. The molecule has 1 aromatic carbocycles. The SMILES string of the molecule is CCCCC[C@H]1CC[C@H](c2ccc(N)cc2)CC1. The fourth-order valence-electron chi connectivity index (χ4n) is 3.24. The summed E-state index contributed by atoms with van der Waals surface area (Å²) in [5.74, 6) is 1.79. The molecule has 2 N–H and O–H groups in total. The molecule has 1 nitrogen and oxygen atoms in total. The number of nitrogen functional groups attached to an aromatic ring is 1. The highest BCUT2D eigenvalue weighted by molar-refractivity contribution is 5.40. The van der Waals surface area contributed by atoms with E-state index in [9.17, 15) is 0 Å². The molecule has 0 aromatic heterocycles. The van der Waals surface area contributed by atoms with Gasteiger partial charge in [-0.3, -0.25) is 0 Å². The summed E-state index contributed by atoms with van der Waals surface area (Å²) in [6.45, 7) is 2.29. The van der Waals surface area contributed by atoms with Crippen LogP contribution in [0, 0.1) is 5.92 Å². The molecule has 0 aliphatic heterocycles. The van der Waals surface area contributed by atoms with Crippen LogP contribution in [0.5, 0.6) is 0 Å². The molecule has 0 unspecified atom stereocenters. The highest BCUT2D eigenvalue weighted by atomic mass is 14.5. The standard InChI is InChI=1S/C17H27N/c1-2-3-4-5-14-6-8-15(9-7-14)16-10-12-17(18)13-11-16/h10-15H,2-9,18H2,1H3/t14-,15-. The van der Waals surface area contributed by atoms with Gasteiger partial charge in [0.15, 0.2) is 0 Å². The first kappa shape index (κ1) is 13.5. The van der Waals surface area contributed by atoms with Gasteiger partial charge in [0.1, 0.15) is 0 Å². The molecule has 1 aromatic rings. The monoisotopic (exact) mass is 245 g/mol. The van der Waals surface area contributed by atoms with E-state index in [1.165, 1.54) is 56.9 Å². The third kappa shape index (κ3) is 3.76. The second-order valence-electron chi connectivity index (χ2n) is 5.88. The zero-order chi connectivity index (χ0) is 12.8. The van der Waals surface area contributed by atoms with Crippen LogP contribution < -0.4 is 5.73 Å². The van der Waals surface area contributed by atoms with Crippen LogP contribution in [-0.2, 0) is 0 Å². The van der Waals surface area contributed by atoms with Crippen molar-refractivity contribution in [1.29, 1.82) is 0 Å². The van der Waals surface area contributed by atoms with E-state index in [-0.39, 0.29) is 0 Å². The van der Waals surface area contributed by atoms with Crippen LogP contribution in [0.2, 0.25) is 0 Å². The molecule has 1 aliphatic rings. The fraction of sp³-hybridized carbons (Fsp3) is 0.647. The molecule has 2 rings (SSSR count). The van der Waals surface area contributed by atoms with Gasteiger partial charge in [0.25, 0.3) is 0 Å². The van der Waals surface area contributed by atoms with E-state index in [1.807, 2.05) is 12.1 Å². The molecule has 1 heteroatoms. The predicted molar refractivity (Wildman–Crippen MR) is 79.7 cm³/mol. The Labute approximate surface area is 112 Å². The number of anilines is 1. The minimum Gasteiger partial charge on any atom is -0.399 e. The second-order valence-corrected chi connectivity index (χ2v) is 5.88. The first-order valence-corrected chi connectivity index (χ1v) is 7.65. The Morgan fingerprint density at radius 2 is 1.67 bits per heavy atom. The van der Waals surface area contributed by atoms with Crippen molar-refractivity contribution in [3.05, 3.63) is 29.8 Å². The van der Waals surface area contributed by atoms with Crippen molar-refractivity contribution in [2.24, 2.45) is 5.92 Å². The molecular weight excluding hydrogens is 218 g/mol. The van der Waals surface area contributed by atoms with E-state index in [0.29, 0.717) is 0 Å². The minimum absolute atomic E-state index is 0.785. The van der Waals surface area contributed by atoms with Gasteiger partial charge in [-0.1, -0.05) is 44.7 Å². The van der Waals surface area contributed by atoms with E-state index in [2.05, 4.69) is 19.1 Å². The van der Waals surface area contributed by atoms with Crippen molar-refractivity contribution in [2.75, 3.05) is 5.73 Å². The number of unbranched alkanes of at least 4 members (excludes halogenated alkanes) is 2. The average molecular weight is 245 g/mol. The molecular formula is C17H27N. The second kappa shape index (κ2) is 6.82. The highest BCUT2D eigenvalue weighted by Crippen LogP contribution is 2.37. The summed E-state index contributed by atoms with van der Waals surface area (Å²) < 4.78 is 0. The largest absolute Gasteiger partial charge is 0.399 e. The molecule has 1 fully saturated rings. The first-order valence-electron chi connectivity index (χ1n) is 7.65. The Balaban J connectivity index is 1.77. The lowest BCUT2D eigenvalue weighted by molar-refractivity contribution is 0.303. The first-order chi connectivity index (χ1) is 8.79. The number of hydrogen-bond donors (Lipinski definition) is 1. The smallest absolute Gasteiger partial charge is 0.0314 e. The number of benzene rings is 1. The van der Waals surface area contributed by atoms with Crippen molar-refractivity contribution < 1.29 is 0 Å². The normalized spacial score (nSPS) is 24.1. The van der Waals surface area contributed by atoms with Crippen LogP contribution in [0.15, 0.2) is 24.3 Å². The molecule has 100 valence electrons. The molecule has 0 saturated heterocycles. The zero-order valence-electron chi connectivity index (χ0n) is 11.7. The van der Waals surface area contributed by atoms with Crippen LogP contribution in [0.4, 0.5) is 5.69 Å². The summed E-state index contributed by atoms with van der Waals surface area (Å²) in [6.07, 6.45) is 11.3. The summed E-state index contributed by atoms with van der Waals surface area (Å²) in [5.41, 5.74) is 8.12. The van der Waals surface area contributed by atoms with Gasteiger partial charge in [-0.05, 0) is 55.2 Å². The van der Waals surface area contributed by atoms with Crippen molar-refractivity contribution in [2.45, 2.75) is 64.2 Å². The Bertz CT molecular complexity index is 333. The lowest BCUT2D eigenvalue weighted by Gasteiger charge is -2.29. The third-order valence-electron chi connectivity index (χ3n) is 4.47. The lowest BCUT2D eigenvalue weighted by Crippen LogP contribution is -2.13. The van der Waals surface area contributed by atoms with Crippen molar-refractivity contribution >= 4 is 5.69 Å². The topological polar surface area (TPSA) is 26.0 Å². The van der Waals surface area contributed by atoms with Crippen molar-refractivity contribution in [3.8, 4) is 0 Å². The maximum Gasteiger partial charge on any atom is 0.0314 e. The maximum atomic E-state index is 5.75. The number of nitrogens with two attached hydrogens (primary N) is 1. The van der Waals surface area contributed by atoms with Crippen LogP contribution in [-0.4, -0.2) is 0 Å². The predicted octanol–water partition coefficient (Wildman–Crippen LogP) is 5.12. The quantitative estimate of drug-likeness (QED) is 0.565. The summed E-state index contributed by atoms with van der Waals surface area (Å²) in [6, 6.07) is 8.53. The van der Waals surface area contributed by atoms with E-state index in [1.54, 1.807) is 0 Å². The Kier molecular flexibility index (Phi) is 5.10. The number of hydrogen-bond acceptors (Lipinski definition) is 1. The van der Waals surface area contributed by atoms with E-state index in [0.717, 1.165) is 17.5 Å². The van der Waals surface area contributed by atoms with Crippen LogP contribution >= 0.6 is 0 Å². The molecule has 0 heterocycles. The minimum atomic E-state index is 0.785. The van der Waals surface area contributed by atoms with Gasteiger partial charge in [-0.2, -0.15) is 0 Å². The number of rotatable bonds is 5. The maximum absolute atomic E-state index is 5.75. The molecule has 0 atom stereocenters. The molecule has 18 heavy (non-hydrogen) atoms. The molecule has 0 bridgehead atoms. The van der Waals surface area contributed by atoms with Crippen LogP contribution in [0.25, 0.3) is 0 Å². The Morgan fingerprint density at radius 1 is 1.00 bits per heavy atom.